The van der Waals surface area contributed by atoms with Crippen molar-refractivity contribution in [2.45, 2.75) is 13.5 Å². The van der Waals surface area contributed by atoms with Crippen LogP contribution in [-0.4, -0.2) is 17.3 Å². The van der Waals surface area contributed by atoms with E-state index in [0.29, 0.717) is 29.5 Å². The van der Waals surface area contributed by atoms with Gasteiger partial charge in [-0.15, -0.1) is 0 Å². The summed E-state index contributed by atoms with van der Waals surface area (Å²) < 4.78 is 30.6. The molecule has 4 rings (SSSR count). The van der Waals surface area contributed by atoms with E-state index in [1.54, 1.807) is 37.4 Å². The highest BCUT2D eigenvalue weighted by molar-refractivity contribution is 5.63. The summed E-state index contributed by atoms with van der Waals surface area (Å²) >= 11 is 0. The summed E-state index contributed by atoms with van der Waals surface area (Å²) in [6.07, 6.45) is 0. The number of hydrogen-bond donors (Lipinski definition) is 0. The minimum absolute atomic E-state index is 0.122. The summed E-state index contributed by atoms with van der Waals surface area (Å²) in [5.74, 6) is 1.20. The average molecular weight is 390 g/mol. The molecule has 146 valence electrons. The topological polar surface area (TPSA) is 57.4 Å². The Hall–Kier alpha value is -3.67. The van der Waals surface area contributed by atoms with Gasteiger partial charge in [0.15, 0.2) is 11.5 Å². The molecule has 0 aliphatic carbocycles. The van der Waals surface area contributed by atoms with Crippen molar-refractivity contribution in [3.05, 3.63) is 83.7 Å². The van der Waals surface area contributed by atoms with Gasteiger partial charge in [-0.2, -0.15) is 4.98 Å². The number of hydrogen-bond acceptors (Lipinski definition) is 5. The fourth-order valence-corrected chi connectivity index (χ4v) is 2.94. The minimum Gasteiger partial charge on any atom is -0.493 e. The molecule has 0 aliphatic heterocycles. The molecule has 3 aromatic carbocycles. The molecule has 1 aromatic heterocycles. The minimum atomic E-state index is -0.416. The molecule has 0 atom stereocenters. The first-order valence-corrected chi connectivity index (χ1v) is 9.10. The molecule has 0 spiro atoms. The second kappa shape index (κ2) is 8.14. The van der Waals surface area contributed by atoms with E-state index in [4.69, 9.17) is 14.0 Å². The number of methoxy groups -OCH3 is 1. The fraction of sp³-hybridized carbons (Fsp3) is 0.130. The van der Waals surface area contributed by atoms with Crippen LogP contribution in [-0.2, 0) is 6.61 Å². The van der Waals surface area contributed by atoms with Crippen molar-refractivity contribution in [1.29, 1.82) is 0 Å². The second-order valence-corrected chi connectivity index (χ2v) is 6.48. The van der Waals surface area contributed by atoms with Crippen LogP contribution in [0.4, 0.5) is 4.39 Å². The van der Waals surface area contributed by atoms with Gasteiger partial charge in [-0.25, -0.2) is 4.39 Å². The van der Waals surface area contributed by atoms with Gasteiger partial charge in [-0.1, -0.05) is 41.6 Å². The number of ether oxygens (including phenoxy) is 2. The summed E-state index contributed by atoms with van der Waals surface area (Å²) in [5, 5.41) is 3.97. The van der Waals surface area contributed by atoms with E-state index in [0.717, 1.165) is 11.1 Å². The maximum atomic E-state index is 13.9. The molecule has 6 heteroatoms. The first kappa shape index (κ1) is 18.7. The highest BCUT2D eigenvalue weighted by Crippen LogP contribution is 2.33. The lowest BCUT2D eigenvalue weighted by molar-refractivity contribution is 0.284. The molecule has 0 radical (unpaired) electrons. The van der Waals surface area contributed by atoms with Crippen LogP contribution < -0.4 is 9.47 Å². The first-order chi connectivity index (χ1) is 14.2. The number of aromatic nitrogens is 2. The van der Waals surface area contributed by atoms with Gasteiger partial charge in [-0.3, -0.25) is 0 Å². The maximum absolute atomic E-state index is 13.9. The number of aryl methyl sites for hydroxylation is 1. The van der Waals surface area contributed by atoms with Crippen LogP contribution in [0.2, 0.25) is 0 Å². The summed E-state index contributed by atoms with van der Waals surface area (Å²) in [4.78, 5) is 4.31. The predicted octanol–water partition coefficient (Wildman–Crippen LogP) is 5.44. The Labute approximate surface area is 167 Å². The average Bonchev–Trinajstić information content (AvgIpc) is 3.23. The van der Waals surface area contributed by atoms with Gasteiger partial charge in [0.25, 0.3) is 5.89 Å². The quantitative estimate of drug-likeness (QED) is 0.439. The van der Waals surface area contributed by atoms with Crippen LogP contribution >= 0.6 is 0 Å². The Bertz CT molecular complexity index is 1140. The van der Waals surface area contributed by atoms with E-state index in [1.807, 2.05) is 37.3 Å². The summed E-state index contributed by atoms with van der Waals surface area (Å²) in [7, 11) is 1.57. The Kier molecular flexibility index (Phi) is 5.24. The largest absolute Gasteiger partial charge is 0.493 e. The third-order valence-electron chi connectivity index (χ3n) is 4.60. The summed E-state index contributed by atoms with van der Waals surface area (Å²) in [5.41, 5.74) is 3.20. The van der Waals surface area contributed by atoms with Crippen LogP contribution in [0.25, 0.3) is 22.8 Å². The Morgan fingerprint density at radius 3 is 2.55 bits per heavy atom. The van der Waals surface area contributed by atoms with Crippen molar-refractivity contribution in [1.82, 2.24) is 10.1 Å². The van der Waals surface area contributed by atoms with Gasteiger partial charge in [-0.05, 0) is 48.4 Å². The third kappa shape index (κ3) is 3.96. The standard InChI is InChI=1S/C23H19FN2O3/c1-15-7-3-4-8-17(15)14-28-20-12-11-16(13-21(20)27-2)22-25-23(29-26-22)18-9-5-6-10-19(18)24/h3-13H,14H2,1-2H3. The first-order valence-electron chi connectivity index (χ1n) is 9.10. The van der Waals surface area contributed by atoms with E-state index in [-0.39, 0.29) is 11.5 Å². The van der Waals surface area contributed by atoms with E-state index in [9.17, 15) is 4.39 Å². The van der Waals surface area contributed by atoms with Gasteiger partial charge in [0, 0.05) is 5.56 Å². The molecule has 5 nitrogen and oxygen atoms in total. The highest BCUT2D eigenvalue weighted by atomic mass is 19.1. The van der Waals surface area contributed by atoms with Gasteiger partial charge < -0.3 is 14.0 Å². The number of nitrogens with zero attached hydrogens (tertiary/aromatic N) is 2. The zero-order chi connectivity index (χ0) is 20.2. The number of benzene rings is 3. The van der Waals surface area contributed by atoms with Crippen molar-refractivity contribution in [3.63, 3.8) is 0 Å². The molecule has 0 unspecified atom stereocenters. The second-order valence-electron chi connectivity index (χ2n) is 6.48. The molecular weight excluding hydrogens is 371 g/mol. The lowest BCUT2D eigenvalue weighted by Gasteiger charge is -2.12. The Balaban J connectivity index is 1.57. The fourth-order valence-electron chi connectivity index (χ4n) is 2.94. The van der Waals surface area contributed by atoms with Crippen LogP contribution in [0.5, 0.6) is 11.5 Å². The lowest BCUT2D eigenvalue weighted by atomic mass is 10.1. The molecule has 0 saturated carbocycles. The maximum Gasteiger partial charge on any atom is 0.261 e. The molecule has 0 fully saturated rings. The predicted molar refractivity (Wildman–Crippen MR) is 107 cm³/mol. The SMILES string of the molecule is COc1cc(-c2noc(-c3ccccc3F)n2)ccc1OCc1ccccc1C. The third-order valence-corrected chi connectivity index (χ3v) is 4.60. The smallest absolute Gasteiger partial charge is 0.261 e. The molecule has 0 N–H and O–H groups in total. The highest BCUT2D eigenvalue weighted by Gasteiger charge is 2.16. The van der Waals surface area contributed by atoms with Gasteiger partial charge in [0.05, 0.1) is 12.7 Å². The summed E-state index contributed by atoms with van der Waals surface area (Å²) in [6, 6.07) is 19.7. The van der Waals surface area contributed by atoms with E-state index < -0.39 is 5.82 Å². The Morgan fingerprint density at radius 1 is 0.966 bits per heavy atom. The molecule has 0 aliphatic rings. The number of rotatable bonds is 6. The monoisotopic (exact) mass is 390 g/mol. The van der Waals surface area contributed by atoms with E-state index in [2.05, 4.69) is 10.1 Å². The zero-order valence-electron chi connectivity index (χ0n) is 16.1. The molecule has 0 bridgehead atoms. The normalized spacial score (nSPS) is 10.7. The van der Waals surface area contributed by atoms with E-state index in [1.165, 1.54) is 6.07 Å². The molecule has 0 saturated heterocycles. The van der Waals surface area contributed by atoms with Gasteiger partial charge >= 0.3 is 0 Å². The van der Waals surface area contributed by atoms with Crippen molar-refractivity contribution >= 4 is 0 Å². The van der Waals surface area contributed by atoms with Gasteiger partial charge in [0.1, 0.15) is 12.4 Å². The molecule has 4 aromatic rings. The lowest BCUT2D eigenvalue weighted by Crippen LogP contribution is -1.99. The van der Waals surface area contributed by atoms with Gasteiger partial charge in [0.2, 0.25) is 5.82 Å². The van der Waals surface area contributed by atoms with Crippen molar-refractivity contribution in [2.75, 3.05) is 7.11 Å². The Morgan fingerprint density at radius 2 is 1.76 bits per heavy atom. The molecule has 0 amide bonds. The van der Waals surface area contributed by atoms with Crippen LogP contribution in [0.1, 0.15) is 11.1 Å². The van der Waals surface area contributed by atoms with Crippen molar-refractivity contribution in [3.8, 4) is 34.3 Å². The molecular formula is C23H19FN2O3. The van der Waals surface area contributed by atoms with Crippen LogP contribution in [0.3, 0.4) is 0 Å². The van der Waals surface area contributed by atoms with Crippen molar-refractivity contribution in [2.24, 2.45) is 0 Å². The summed E-state index contributed by atoms with van der Waals surface area (Å²) in [6.45, 7) is 2.48. The van der Waals surface area contributed by atoms with E-state index >= 15 is 0 Å². The molecule has 1 heterocycles. The van der Waals surface area contributed by atoms with Crippen LogP contribution in [0.15, 0.2) is 71.3 Å². The zero-order valence-corrected chi connectivity index (χ0v) is 16.1. The van der Waals surface area contributed by atoms with Crippen molar-refractivity contribution < 1.29 is 18.4 Å². The molecule has 29 heavy (non-hydrogen) atoms. The number of halogens is 1. The van der Waals surface area contributed by atoms with Crippen LogP contribution in [0, 0.1) is 12.7 Å².